The first kappa shape index (κ1) is 14.2. The average Bonchev–Trinajstić information content (AvgIpc) is 2.59. The first-order valence-corrected chi connectivity index (χ1v) is 5.86. The summed E-state index contributed by atoms with van der Waals surface area (Å²) in [4.78, 5) is 25.0. The van der Waals surface area contributed by atoms with Crippen molar-refractivity contribution in [1.82, 2.24) is 9.55 Å². The number of H-pyrrole nitrogens is 1. The van der Waals surface area contributed by atoms with E-state index in [1.165, 1.54) is 6.92 Å². The second-order valence-electron chi connectivity index (χ2n) is 4.32. The number of aromatic nitrogens is 2. The monoisotopic (exact) mass is 292 g/mol. The largest absolute Gasteiger partial charge is 0.394 e. The van der Waals surface area contributed by atoms with Gasteiger partial charge in [0.1, 0.15) is 18.3 Å². The number of aliphatic hydroxyl groups is 3. The Balaban J connectivity index is 2.55. The summed E-state index contributed by atoms with van der Waals surface area (Å²) >= 11 is 6.04. The minimum Gasteiger partial charge on any atom is -0.394 e. The molecule has 0 spiro atoms. The highest BCUT2D eigenvalue weighted by molar-refractivity contribution is 6.21. The van der Waals surface area contributed by atoms with Crippen LogP contribution in [0.3, 0.4) is 0 Å². The maximum absolute atomic E-state index is 11.7. The van der Waals surface area contributed by atoms with Gasteiger partial charge >= 0.3 is 5.69 Å². The molecular formula is C10H13ClN2O6. The summed E-state index contributed by atoms with van der Waals surface area (Å²) in [6.07, 6.45) is -3.12. The molecule has 1 aliphatic rings. The molecule has 1 aromatic heterocycles. The van der Waals surface area contributed by atoms with Crippen LogP contribution >= 0.6 is 11.6 Å². The van der Waals surface area contributed by atoms with Crippen molar-refractivity contribution in [2.75, 3.05) is 6.61 Å². The van der Waals surface area contributed by atoms with Gasteiger partial charge in [0.25, 0.3) is 10.7 Å². The van der Waals surface area contributed by atoms with Crippen LogP contribution in [0.2, 0.25) is 0 Å². The van der Waals surface area contributed by atoms with E-state index < -0.39 is 41.4 Å². The van der Waals surface area contributed by atoms with E-state index in [9.17, 15) is 19.8 Å². The van der Waals surface area contributed by atoms with E-state index in [1.807, 2.05) is 4.98 Å². The van der Waals surface area contributed by atoms with Crippen molar-refractivity contribution in [3.05, 3.63) is 32.6 Å². The first-order chi connectivity index (χ1) is 8.81. The maximum atomic E-state index is 11.7. The SMILES string of the molecule is Cc1cn([C@]2(Cl)O[C@H](CO)[C@@H](O)[C@H]2O)c(=O)[nH]c1=O. The number of hydrogen-bond donors (Lipinski definition) is 4. The summed E-state index contributed by atoms with van der Waals surface area (Å²) in [7, 11) is 0. The Morgan fingerprint density at radius 1 is 1.53 bits per heavy atom. The number of rotatable bonds is 2. The van der Waals surface area contributed by atoms with Gasteiger partial charge in [-0.2, -0.15) is 0 Å². The molecule has 9 heteroatoms. The van der Waals surface area contributed by atoms with E-state index in [0.717, 1.165) is 10.8 Å². The molecular weight excluding hydrogens is 280 g/mol. The Bertz CT molecular complexity index is 598. The lowest BCUT2D eigenvalue weighted by atomic mass is 10.1. The van der Waals surface area contributed by atoms with Crippen LogP contribution in [0.15, 0.2) is 15.8 Å². The summed E-state index contributed by atoms with van der Waals surface area (Å²) in [5.41, 5.74) is -1.30. The summed E-state index contributed by atoms with van der Waals surface area (Å²) in [5.74, 6) is 0. The number of alkyl halides is 1. The minimum absolute atomic E-state index is 0.178. The van der Waals surface area contributed by atoms with Crippen LogP contribution in [0.4, 0.5) is 0 Å². The molecule has 4 N–H and O–H groups in total. The zero-order valence-electron chi connectivity index (χ0n) is 9.91. The van der Waals surface area contributed by atoms with Crippen LogP contribution in [0.25, 0.3) is 0 Å². The number of hydrogen-bond acceptors (Lipinski definition) is 6. The third-order valence-electron chi connectivity index (χ3n) is 3.01. The predicted molar refractivity (Wildman–Crippen MR) is 63.9 cm³/mol. The molecule has 1 saturated heterocycles. The number of halogens is 1. The lowest BCUT2D eigenvalue weighted by molar-refractivity contribution is -0.0884. The van der Waals surface area contributed by atoms with Crippen molar-refractivity contribution < 1.29 is 20.1 Å². The summed E-state index contributed by atoms with van der Waals surface area (Å²) in [6.45, 7) is 0.861. The van der Waals surface area contributed by atoms with Gasteiger partial charge in [0.15, 0.2) is 0 Å². The molecule has 0 aromatic carbocycles. The molecule has 8 nitrogen and oxygen atoms in total. The van der Waals surface area contributed by atoms with Gasteiger partial charge in [-0.1, -0.05) is 11.6 Å². The smallest absolute Gasteiger partial charge is 0.331 e. The summed E-state index contributed by atoms with van der Waals surface area (Å²) in [5, 5.41) is 26.5. The average molecular weight is 293 g/mol. The minimum atomic E-state index is -2.08. The highest BCUT2D eigenvalue weighted by Crippen LogP contribution is 2.38. The van der Waals surface area contributed by atoms with Gasteiger partial charge in [-0.15, -0.1) is 0 Å². The zero-order valence-corrected chi connectivity index (χ0v) is 10.7. The van der Waals surface area contributed by atoms with Crippen LogP contribution in [-0.4, -0.2) is 49.8 Å². The Hall–Kier alpha value is -1.19. The van der Waals surface area contributed by atoms with Gasteiger partial charge in [-0.3, -0.25) is 14.3 Å². The molecule has 1 fully saturated rings. The van der Waals surface area contributed by atoms with Crippen LogP contribution in [0.5, 0.6) is 0 Å². The highest BCUT2D eigenvalue weighted by Gasteiger charge is 2.55. The highest BCUT2D eigenvalue weighted by atomic mass is 35.5. The molecule has 106 valence electrons. The molecule has 0 unspecified atom stereocenters. The van der Waals surface area contributed by atoms with Gasteiger partial charge in [0.2, 0.25) is 0 Å². The fourth-order valence-electron chi connectivity index (χ4n) is 1.90. The van der Waals surface area contributed by atoms with E-state index >= 15 is 0 Å². The predicted octanol–water partition coefficient (Wildman–Crippen LogP) is -2.19. The van der Waals surface area contributed by atoms with Gasteiger partial charge in [-0.25, -0.2) is 4.79 Å². The van der Waals surface area contributed by atoms with Gasteiger partial charge in [0.05, 0.1) is 6.61 Å². The molecule has 19 heavy (non-hydrogen) atoms. The van der Waals surface area contributed by atoms with E-state index in [-0.39, 0.29) is 5.56 Å². The van der Waals surface area contributed by atoms with E-state index in [4.69, 9.17) is 21.4 Å². The second kappa shape index (κ2) is 4.73. The molecule has 1 aliphatic heterocycles. The van der Waals surface area contributed by atoms with Crippen LogP contribution in [0.1, 0.15) is 5.56 Å². The van der Waals surface area contributed by atoms with E-state index in [1.54, 1.807) is 0 Å². The maximum Gasteiger partial charge on any atom is 0.331 e. The van der Waals surface area contributed by atoms with Crippen molar-refractivity contribution in [2.24, 2.45) is 0 Å². The van der Waals surface area contributed by atoms with Gasteiger partial charge in [-0.05, 0) is 6.92 Å². The van der Waals surface area contributed by atoms with Gasteiger partial charge in [0, 0.05) is 11.8 Å². The topological polar surface area (TPSA) is 125 Å². The number of aromatic amines is 1. The molecule has 0 amide bonds. The molecule has 0 aliphatic carbocycles. The molecule has 0 saturated carbocycles. The van der Waals surface area contributed by atoms with Crippen molar-refractivity contribution in [1.29, 1.82) is 0 Å². The summed E-state index contributed by atoms with van der Waals surface area (Å²) in [6, 6.07) is 0. The Kier molecular flexibility index (Phi) is 3.54. The summed E-state index contributed by atoms with van der Waals surface area (Å²) < 4.78 is 5.91. The first-order valence-electron chi connectivity index (χ1n) is 5.48. The third kappa shape index (κ3) is 2.11. The standard InChI is InChI=1S/C10H13ClN2O6/c1-4-2-13(9(18)12-8(4)17)10(11)7(16)6(15)5(3-14)19-10/h2,5-7,14-16H,3H2,1H3,(H,12,17,18)/t5-,6-,7-,10+/m1/s1. The third-order valence-corrected chi connectivity index (χ3v) is 3.51. The molecule has 0 radical (unpaired) electrons. The fraction of sp³-hybridized carbons (Fsp3) is 0.600. The van der Waals surface area contributed by atoms with E-state index in [0.29, 0.717) is 0 Å². The lowest BCUT2D eigenvalue weighted by Crippen LogP contribution is -2.48. The van der Waals surface area contributed by atoms with Crippen molar-refractivity contribution in [2.45, 2.75) is 30.4 Å². The molecule has 2 rings (SSSR count). The Morgan fingerprint density at radius 2 is 2.16 bits per heavy atom. The number of nitrogens with one attached hydrogen (secondary N) is 1. The Morgan fingerprint density at radius 3 is 2.68 bits per heavy atom. The van der Waals surface area contributed by atoms with Gasteiger partial charge < -0.3 is 20.1 Å². The van der Waals surface area contributed by atoms with Crippen LogP contribution < -0.4 is 11.2 Å². The number of ether oxygens (including phenoxy) is 1. The number of aliphatic hydroxyl groups excluding tert-OH is 3. The fourth-order valence-corrected chi connectivity index (χ4v) is 2.27. The van der Waals surface area contributed by atoms with Crippen LogP contribution in [-0.2, 0) is 9.92 Å². The number of nitrogens with zero attached hydrogens (tertiary/aromatic N) is 1. The second-order valence-corrected chi connectivity index (χ2v) is 4.87. The van der Waals surface area contributed by atoms with Crippen LogP contribution in [0, 0.1) is 6.92 Å². The molecule has 2 heterocycles. The molecule has 4 atom stereocenters. The zero-order chi connectivity index (χ0) is 14.4. The Labute approximate surface area is 111 Å². The van der Waals surface area contributed by atoms with E-state index in [2.05, 4.69) is 0 Å². The molecule has 1 aromatic rings. The molecule has 0 bridgehead atoms. The number of aryl methyl sites for hydroxylation is 1. The van der Waals surface area contributed by atoms with Crippen molar-refractivity contribution >= 4 is 11.6 Å². The van der Waals surface area contributed by atoms with Crippen molar-refractivity contribution in [3.8, 4) is 0 Å². The quantitative estimate of drug-likeness (QED) is 0.459. The lowest BCUT2D eigenvalue weighted by Gasteiger charge is -2.26. The van der Waals surface area contributed by atoms with Crippen molar-refractivity contribution in [3.63, 3.8) is 0 Å². The normalized spacial score (nSPS) is 34.7.